The minimum atomic E-state index is 0. The van der Waals surface area contributed by atoms with Crippen molar-refractivity contribution in [2.75, 3.05) is 19.6 Å². The van der Waals surface area contributed by atoms with Gasteiger partial charge in [0.25, 0.3) is 0 Å². The number of hydrogen-bond acceptors (Lipinski definition) is 2. The lowest BCUT2D eigenvalue weighted by Gasteiger charge is -2.29. The summed E-state index contributed by atoms with van der Waals surface area (Å²) in [4.78, 5) is 14.3. The second kappa shape index (κ2) is 7.09. The van der Waals surface area contributed by atoms with Crippen LogP contribution in [0.1, 0.15) is 30.4 Å². The summed E-state index contributed by atoms with van der Waals surface area (Å²) in [5.74, 6) is 1.04. The predicted molar refractivity (Wildman–Crippen MR) is 83.0 cm³/mol. The zero-order valence-electron chi connectivity index (χ0n) is 11.8. The smallest absolute Gasteiger partial charge is 0.222 e. The van der Waals surface area contributed by atoms with Crippen LogP contribution < -0.4 is 5.32 Å². The summed E-state index contributed by atoms with van der Waals surface area (Å²) in [5.41, 5.74) is 2.73. The van der Waals surface area contributed by atoms with E-state index in [1.807, 2.05) is 4.90 Å². The number of rotatable bonds is 3. The number of fused-ring (bicyclic) bond motifs is 1. The zero-order chi connectivity index (χ0) is 13.1. The Kier molecular flexibility index (Phi) is 5.44. The molecule has 2 heterocycles. The molecule has 20 heavy (non-hydrogen) atoms. The van der Waals surface area contributed by atoms with E-state index >= 15 is 0 Å². The number of amides is 1. The summed E-state index contributed by atoms with van der Waals surface area (Å²) >= 11 is 0. The molecule has 1 amide bonds. The summed E-state index contributed by atoms with van der Waals surface area (Å²) < 4.78 is 0. The van der Waals surface area contributed by atoms with Gasteiger partial charge in [0, 0.05) is 19.5 Å². The van der Waals surface area contributed by atoms with Gasteiger partial charge in [0.05, 0.1) is 0 Å². The third-order valence-electron chi connectivity index (χ3n) is 4.41. The Morgan fingerprint density at radius 2 is 2.10 bits per heavy atom. The first kappa shape index (κ1) is 15.3. The maximum Gasteiger partial charge on any atom is 0.222 e. The summed E-state index contributed by atoms with van der Waals surface area (Å²) in [7, 11) is 0. The van der Waals surface area contributed by atoms with Crippen LogP contribution in [-0.2, 0) is 17.8 Å². The predicted octanol–water partition coefficient (Wildman–Crippen LogP) is 2.38. The molecule has 110 valence electrons. The van der Waals surface area contributed by atoms with E-state index in [1.165, 1.54) is 17.5 Å². The molecule has 0 bridgehead atoms. The van der Waals surface area contributed by atoms with E-state index in [0.717, 1.165) is 39.0 Å². The quantitative estimate of drug-likeness (QED) is 0.928. The van der Waals surface area contributed by atoms with Crippen molar-refractivity contribution in [3.05, 3.63) is 35.4 Å². The molecule has 0 spiro atoms. The van der Waals surface area contributed by atoms with Gasteiger partial charge in [0.1, 0.15) is 0 Å². The van der Waals surface area contributed by atoms with Gasteiger partial charge in [-0.25, -0.2) is 0 Å². The number of benzene rings is 1. The van der Waals surface area contributed by atoms with E-state index in [1.54, 1.807) is 0 Å². The SMILES string of the molecule is Cl.O=C(CCC1CCNC1)N1CCc2ccccc2C1. The molecule has 3 nitrogen and oxygen atoms in total. The van der Waals surface area contributed by atoms with Gasteiger partial charge in [0.2, 0.25) is 5.91 Å². The second-order valence-electron chi connectivity index (χ2n) is 5.73. The van der Waals surface area contributed by atoms with Crippen molar-refractivity contribution in [3.8, 4) is 0 Å². The first-order chi connectivity index (χ1) is 9.33. The van der Waals surface area contributed by atoms with E-state index in [0.29, 0.717) is 18.2 Å². The molecular weight excluding hydrogens is 272 g/mol. The maximum atomic E-state index is 12.3. The van der Waals surface area contributed by atoms with E-state index in [4.69, 9.17) is 0 Å². The Bertz CT molecular complexity index is 458. The molecule has 0 radical (unpaired) electrons. The molecule has 2 aliphatic heterocycles. The lowest BCUT2D eigenvalue weighted by atomic mass is 9.98. The number of carbonyl (C=O) groups is 1. The highest BCUT2D eigenvalue weighted by atomic mass is 35.5. The van der Waals surface area contributed by atoms with Gasteiger partial charge in [0.15, 0.2) is 0 Å². The Hall–Kier alpha value is -1.06. The zero-order valence-corrected chi connectivity index (χ0v) is 12.6. The minimum Gasteiger partial charge on any atom is -0.338 e. The molecule has 1 fully saturated rings. The fraction of sp³-hybridized carbons (Fsp3) is 0.562. The fourth-order valence-electron chi connectivity index (χ4n) is 3.16. The molecule has 0 aromatic heterocycles. The summed E-state index contributed by atoms with van der Waals surface area (Å²) in [5, 5.41) is 3.36. The van der Waals surface area contributed by atoms with Crippen LogP contribution in [0.3, 0.4) is 0 Å². The Labute approximate surface area is 127 Å². The average Bonchev–Trinajstić information content (AvgIpc) is 2.97. The van der Waals surface area contributed by atoms with Crippen LogP contribution in [0, 0.1) is 5.92 Å². The number of nitrogens with one attached hydrogen (secondary N) is 1. The summed E-state index contributed by atoms with van der Waals surface area (Å²) in [6, 6.07) is 8.48. The summed E-state index contributed by atoms with van der Waals surface area (Å²) in [6.45, 7) is 3.91. The van der Waals surface area contributed by atoms with Gasteiger partial charge < -0.3 is 10.2 Å². The van der Waals surface area contributed by atoms with Crippen molar-refractivity contribution in [3.63, 3.8) is 0 Å². The molecule has 1 aromatic carbocycles. The van der Waals surface area contributed by atoms with Crippen LogP contribution in [0.4, 0.5) is 0 Å². The van der Waals surface area contributed by atoms with E-state index in [2.05, 4.69) is 29.6 Å². The van der Waals surface area contributed by atoms with Crippen molar-refractivity contribution in [2.24, 2.45) is 5.92 Å². The highest BCUT2D eigenvalue weighted by Gasteiger charge is 2.22. The maximum absolute atomic E-state index is 12.3. The van der Waals surface area contributed by atoms with Gasteiger partial charge >= 0.3 is 0 Å². The van der Waals surface area contributed by atoms with Crippen LogP contribution in [0.5, 0.6) is 0 Å². The molecule has 1 atom stereocenters. The molecule has 1 saturated heterocycles. The Morgan fingerprint density at radius 1 is 1.30 bits per heavy atom. The van der Waals surface area contributed by atoms with Gasteiger partial charge in [-0.05, 0) is 49.4 Å². The molecule has 1 unspecified atom stereocenters. The summed E-state index contributed by atoms with van der Waals surface area (Å²) in [6.07, 6.45) is 4.00. The number of halogens is 1. The van der Waals surface area contributed by atoms with Gasteiger partial charge in [-0.3, -0.25) is 4.79 Å². The van der Waals surface area contributed by atoms with E-state index < -0.39 is 0 Å². The van der Waals surface area contributed by atoms with E-state index in [-0.39, 0.29) is 12.4 Å². The van der Waals surface area contributed by atoms with Crippen LogP contribution in [0.15, 0.2) is 24.3 Å². The van der Waals surface area contributed by atoms with Crippen molar-refractivity contribution in [2.45, 2.75) is 32.2 Å². The Balaban J connectivity index is 0.00000147. The Morgan fingerprint density at radius 3 is 2.85 bits per heavy atom. The van der Waals surface area contributed by atoms with Gasteiger partial charge in [-0.2, -0.15) is 0 Å². The standard InChI is InChI=1S/C16H22N2O.ClH/c19-16(6-5-13-7-9-17-11-13)18-10-8-14-3-1-2-4-15(14)12-18;/h1-4,13,17H,5-12H2;1H. The molecular formula is C16H23ClN2O. The van der Waals surface area contributed by atoms with Crippen molar-refractivity contribution >= 4 is 18.3 Å². The highest BCUT2D eigenvalue weighted by Crippen LogP contribution is 2.21. The van der Waals surface area contributed by atoms with Crippen LogP contribution in [0.25, 0.3) is 0 Å². The molecule has 2 aliphatic rings. The average molecular weight is 295 g/mol. The third kappa shape index (κ3) is 3.53. The first-order valence-electron chi connectivity index (χ1n) is 7.38. The molecule has 0 aliphatic carbocycles. The molecule has 1 aromatic rings. The largest absolute Gasteiger partial charge is 0.338 e. The third-order valence-corrected chi connectivity index (χ3v) is 4.41. The molecule has 1 N–H and O–H groups in total. The molecule has 0 saturated carbocycles. The second-order valence-corrected chi connectivity index (χ2v) is 5.73. The monoisotopic (exact) mass is 294 g/mol. The minimum absolute atomic E-state index is 0. The number of nitrogens with zero attached hydrogens (tertiary/aromatic N) is 1. The molecule has 4 heteroatoms. The number of hydrogen-bond donors (Lipinski definition) is 1. The highest BCUT2D eigenvalue weighted by molar-refractivity contribution is 5.85. The van der Waals surface area contributed by atoms with Crippen LogP contribution >= 0.6 is 12.4 Å². The fourth-order valence-corrected chi connectivity index (χ4v) is 3.16. The van der Waals surface area contributed by atoms with Crippen molar-refractivity contribution in [1.82, 2.24) is 10.2 Å². The molecule has 3 rings (SSSR count). The lowest BCUT2D eigenvalue weighted by molar-refractivity contribution is -0.132. The first-order valence-corrected chi connectivity index (χ1v) is 7.38. The van der Waals surface area contributed by atoms with Gasteiger partial charge in [-0.1, -0.05) is 24.3 Å². The van der Waals surface area contributed by atoms with Crippen molar-refractivity contribution in [1.29, 1.82) is 0 Å². The van der Waals surface area contributed by atoms with Crippen LogP contribution in [-0.4, -0.2) is 30.4 Å². The van der Waals surface area contributed by atoms with Crippen LogP contribution in [0.2, 0.25) is 0 Å². The van der Waals surface area contributed by atoms with Gasteiger partial charge in [-0.15, -0.1) is 12.4 Å². The lowest BCUT2D eigenvalue weighted by Crippen LogP contribution is -2.36. The van der Waals surface area contributed by atoms with Crippen molar-refractivity contribution < 1.29 is 4.79 Å². The normalized spacial score (nSPS) is 21.2. The number of carbonyl (C=O) groups excluding carboxylic acids is 1. The van der Waals surface area contributed by atoms with E-state index in [9.17, 15) is 4.79 Å². The topological polar surface area (TPSA) is 32.3 Å².